The van der Waals surface area contributed by atoms with Crippen molar-refractivity contribution in [2.24, 2.45) is 0 Å². The number of nitriles is 1. The quantitative estimate of drug-likeness (QED) is 0.604. The van der Waals surface area contributed by atoms with E-state index in [1.165, 1.54) is 0 Å². The van der Waals surface area contributed by atoms with Crippen LogP contribution >= 0.6 is 15.9 Å². The van der Waals surface area contributed by atoms with Gasteiger partial charge in [0.15, 0.2) is 0 Å². The first-order valence-corrected chi connectivity index (χ1v) is 6.06. The second kappa shape index (κ2) is 6.47. The summed E-state index contributed by atoms with van der Waals surface area (Å²) < 4.78 is 5.68. The summed E-state index contributed by atoms with van der Waals surface area (Å²) in [6.07, 6.45) is 1.34. The number of hydrogen-bond acceptors (Lipinski definition) is 2. The molecule has 0 amide bonds. The highest BCUT2D eigenvalue weighted by atomic mass is 79.9. The van der Waals surface area contributed by atoms with Gasteiger partial charge in [0.2, 0.25) is 0 Å². The van der Waals surface area contributed by atoms with Crippen LogP contribution < -0.4 is 4.74 Å². The molecule has 0 radical (unpaired) electrons. The van der Waals surface area contributed by atoms with E-state index in [1.54, 1.807) is 0 Å². The molecule has 80 valence electrons. The van der Waals surface area contributed by atoms with Crippen molar-refractivity contribution < 1.29 is 4.74 Å². The van der Waals surface area contributed by atoms with Crippen LogP contribution in [0, 0.1) is 18.3 Å². The van der Waals surface area contributed by atoms with E-state index < -0.39 is 0 Å². The highest BCUT2D eigenvalue weighted by Gasteiger charge is 2.05. The largest absolute Gasteiger partial charge is 0.493 e. The van der Waals surface area contributed by atoms with Crippen LogP contribution in [0.5, 0.6) is 5.75 Å². The van der Waals surface area contributed by atoms with Gasteiger partial charge in [0.25, 0.3) is 0 Å². The zero-order valence-corrected chi connectivity index (χ0v) is 10.4. The van der Waals surface area contributed by atoms with Gasteiger partial charge in [-0.15, -0.1) is 0 Å². The summed E-state index contributed by atoms with van der Waals surface area (Å²) in [5.41, 5.74) is 2.30. The molecule has 2 nitrogen and oxygen atoms in total. The molecule has 0 unspecified atom stereocenters. The molecular formula is C12H14BrNO. The Morgan fingerprint density at radius 3 is 2.93 bits per heavy atom. The fourth-order valence-electron chi connectivity index (χ4n) is 1.35. The monoisotopic (exact) mass is 267 g/mol. The highest BCUT2D eigenvalue weighted by molar-refractivity contribution is 9.08. The summed E-state index contributed by atoms with van der Waals surface area (Å²) in [5.74, 6) is 0.951. The topological polar surface area (TPSA) is 33.0 Å². The minimum Gasteiger partial charge on any atom is -0.493 e. The summed E-state index contributed by atoms with van der Waals surface area (Å²) in [7, 11) is 0. The molecule has 0 N–H and O–H groups in total. The number of nitrogens with zero attached hydrogens (tertiary/aromatic N) is 1. The van der Waals surface area contributed by atoms with Crippen molar-refractivity contribution >= 4 is 15.9 Å². The van der Waals surface area contributed by atoms with E-state index in [0.717, 1.165) is 28.6 Å². The fraction of sp³-hybridized carbons (Fsp3) is 0.417. The zero-order valence-electron chi connectivity index (χ0n) is 8.79. The van der Waals surface area contributed by atoms with Gasteiger partial charge < -0.3 is 4.74 Å². The third-order valence-corrected chi connectivity index (χ3v) is 2.72. The Morgan fingerprint density at radius 1 is 1.47 bits per heavy atom. The molecule has 1 aromatic rings. The molecule has 0 aliphatic rings. The number of rotatable bonds is 5. The number of hydrogen-bond donors (Lipinski definition) is 0. The van der Waals surface area contributed by atoms with E-state index >= 15 is 0 Å². The van der Waals surface area contributed by atoms with Crippen molar-refractivity contribution in [3.8, 4) is 11.8 Å². The van der Waals surface area contributed by atoms with Crippen molar-refractivity contribution in [2.45, 2.75) is 25.1 Å². The lowest BCUT2D eigenvalue weighted by atomic mass is 10.1. The summed E-state index contributed by atoms with van der Waals surface area (Å²) >= 11 is 3.43. The van der Waals surface area contributed by atoms with Crippen LogP contribution in [0.3, 0.4) is 0 Å². The van der Waals surface area contributed by atoms with Crippen LogP contribution in [0.15, 0.2) is 18.2 Å². The zero-order chi connectivity index (χ0) is 11.1. The van der Waals surface area contributed by atoms with Gasteiger partial charge in [0.05, 0.1) is 12.7 Å². The number of alkyl halides is 1. The molecule has 1 aromatic carbocycles. The van der Waals surface area contributed by atoms with Gasteiger partial charge in [-0.2, -0.15) is 5.26 Å². The van der Waals surface area contributed by atoms with E-state index in [2.05, 4.69) is 22.0 Å². The van der Waals surface area contributed by atoms with Gasteiger partial charge in [-0.25, -0.2) is 0 Å². The molecule has 0 atom stereocenters. The molecule has 0 saturated heterocycles. The Hall–Kier alpha value is -1.01. The Morgan fingerprint density at radius 2 is 2.27 bits per heavy atom. The lowest BCUT2D eigenvalue weighted by molar-refractivity contribution is 0.308. The molecular weight excluding hydrogens is 254 g/mol. The van der Waals surface area contributed by atoms with Gasteiger partial charge >= 0.3 is 0 Å². The molecule has 3 heteroatoms. The molecule has 0 aliphatic heterocycles. The lowest BCUT2D eigenvalue weighted by Crippen LogP contribution is -2.01. The standard InChI is InChI=1S/C12H14BrNO/c1-10-5-4-6-11(9-13)12(10)15-8-3-2-7-14/h4-6H,2-3,8-9H2,1H3. The third kappa shape index (κ3) is 3.56. The number of para-hydroxylation sites is 1. The molecule has 15 heavy (non-hydrogen) atoms. The predicted molar refractivity (Wildman–Crippen MR) is 64.2 cm³/mol. The third-order valence-electron chi connectivity index (χ3n) is 2.12. The van der Waals surface area contributed by atoms with Crippen molar-refractivity contribution in [1.29, 1.82) is 5.26 Å². The summed E-state index contributed by atoms with van der Waals surface area (Å²) in [6, 6.07) is 8.21. The molecule has 0 fully saturated rings. The maximum absolute atomic E-state index is 8.41. The van der Waals surface area contributed by atoms with Crippen molar-refractivity contribution in [3.05, 3.63) is 29.3 Å². The van der Waals surface area contributed by atoms with Crippen LogP contribution in [0.1, 0.15) is 24.0 Å². The van der Waals surface area contributed by atoms with Crippen LogP contribution in [-0.4, -0.2) is 6.61 Å². The second-order valence-corrected chi connectivity index (χ2v) is 3.87. The molecule has 0 saturated carbocycles. The normalized spacial score (nSPS) is 9.67. The van der Waals surface area contributed by atoms with E-state index in [-0.39, 0.29) is 0 Å². The van der Waals surface area contributed by atoms with Gasteiger partial charge in [-0.05, 0) is 18.9 Å². The molecule has 0 aliphatic carbocycles. The average Bonchev–Trinajstić information content (AvgIpc) is 2.26. The fourth-order valence-corrected chi connectivity index (χ4v) is 1.79. The van der Waals surface area contributed by atoms with Crippen molar-refractivity contribution in [1.82, 2.24) is 0 Å². The Kier molecular flexibility index (Phi) is 5.20. The Labute approximate surface area is 99.0 Å². The number of aryl methyl sites for hydroxylation is 1. The molecule has 0 heterocycles. The van der Waals surface area contributed by atoms with Crippen LogP contribution in [0.25, 0.3) is 0 Å². The number of halogens is 1. The minimum atomic E-state index is 0.551. The van der Waals surface area contributed by atoms with Crippen molar-refractivity contribution in [2.75, 3.05) is 6.61 Å². The summed E-state index contributed by atoms with van der Waals surface area (Å²) in [5, 5.41) is 9.20. The van der Waals surface area contributed by atoms with E-state index in [0.29, 0.717) is 13.0 Å². The maximum atomic E-state index is 8.41. The smallest absolute Gasteiger partial charge is 0.126 e. The molecule has 0 aromatic heterocycles. The number of benzene rings is 1. The minimum absolute atomic E-state index is 0.551. The summed E-state index contributed by atoms with van der Waals surface area (Å²) in [6.45, 7) is 2.64. The number of unbranched alkanes of at least 4 members (excludes halogenated alkanes) is 1. The van der Waals surface area contributed by atoms with Crippen LogP contribution in [0.2, 0.25) is 0 Å². The molecule has 0 bridgehead atoms. The van der Waals surface area contributed by atoms with Gasteiger partial charge in [0, 0.05) is 17.3 Å². The Balaban J connectivity index is 2.63. The highest BCUT2D eigenvalue weighted by Crippen LogP contribution is 2.25. The second-order valence-electron chi connectivity index (χ2n) is 3.31. The van der Waals surface area contributed by atoms with Crippen molar-refractivity contribution in [3.63, 3.8) is 0 Å². The van der Waals surface area contributed by atoms with Gasteiger partial charge in [-0.1, -0.05) is 34.1 Å². The van der Waals surface area contributed by atoms with Gasteiger partial charge in [-0.3, -0.25) is 0 Å². The van der Waals surface area contributed by atoms with E-state index in [9.17, 15) is 0 Å². The first-order chi connectivity index (χ1) is 7.29. The molecule has 0 spiro atoms. The van der Waals surface area contributed by atoms with Crippen LogP contribution in [0.4, 0.5) is 0 Å². The number of ether oxygens (including phenoxy) is 1. The van der Waals surface area contributed by atoms with E-state index in [1.807, 2.05) is 25.1 Å². The van der Waals surface area contributed by atoms with E-state index in [4.69, 9.17) is 10.00 Å². The van der Waals surface area contributed by atoms with Gasteiger partial charge in [0.1, 0.15) is 5.75 Å². The first kappa shape index (κ1) is 12.1. The average molecular weight is 268 g/mol. The Bertz CT molecular complexity index is 357. The first-order valence-electron chi connectivity index (χ1n) is 4.93. The summed E-state index contributed by atoms with van der Waals surface area (Å²) in [4.78, 5) is 0. The SMILES string of the molecule is Cc1cccc(CBr)c1OCCCC#N. The van der Waals surface area contributed by atoms with Crippen LogP contribution in [-0.2, 0) is 5.33 Å². The predicted octanol–water partition coefficient (Wildman–Crippen LogP) is 3.57. The lowest BCUT2D eigenvalue weighted by Gasteiger charge is -2.11. The molecule has 1 rings (SSSR count). The maximum Gasteiger partial charge on any atom is 0.126 e.